The van der Waals surface area contributed by atoms with Crippen LogP contribution in [0.3, 0.4) is 0 Å². The molecule has 1 aliphatic rings. The Morgan fingerprint density at radius 1 is 1.21 bits per heavy atom. The summed E-state index contributed by atoms with van der Waals surface area (Å²) in [7, 11) is 0. The summed E-state index contributed by atoms with van der Waals surface area (Å²) >= 11 is 0. The summed E-state index contributed by atoms with van der Waals surface area (Å²) in [6, 6.07) is 8.57. The molecule has 0 saturated carbocycles. The van der Waals surface area contributed by atoms with Crippen LogP contribution < -0.4 is 4.74 Å². The third-order valence-electron chi connectivity index (χ3n) is 6.52. The van der Waals surface area contributed by atoms with Gasteiger partial charge in [-0.25, -0.2) is 4.79 Å². The summed E-state index contributed by atoms with van der Waals surface area (Å²) in [5.41, 5.74) is 1.92. The Morgan fingerprint density at radius 2 is 1.97 bits per heavy atom. The number of hydrogen-bond acceptors (Lipinski definition) is 4. The Morgan fingerprint density at radius 3 is 2.64 bits per heavy atom. The van der Waals surface area contributed by atoms with Gasteiger partial charge < -0.3 is 19.6 Å². The predicted octanol–water partition coefficient (Wildman–Crippen LogP) is 5.98. The molecule has 1 aromatic carbocycles. The fraction of sp³-hybridized carbons (Fsp3) is 0.630. The van der Waals surface area contributed by atoms with Crippen molar-refractivity contribution in [1.82, 2.24) is 14.8 Å². The maximum absolute atomic E-state index is 11.5. The van der Waals surface area contributed by atoms with Crippen molar-refractivity contribution in [2.45, 2.75) is 84.3 Å². The molecule has 3 rings (SSSR count). The topological polar surface area (TPSA) is 65.9 Å². The number of hydrogen-bond donors (Lipinski definition) is 1. The summed E-state index contributed by atoms with van der Waals surface area (Å²) in [5.74, 6) is 0.917. The molecule has 1 saturated heterocycles. The normalized spacial score (nSPS) is 15.6. The van der Waals surface area contributed by atoms with E-state index in [4.69, 9.17) is 4.74 Å². The van der Waals surface area contributed by atoms with E-state index in [0.717, 1.165) is 62.0 Å². The first kappa shape index (κ1) is 25.3. The van der Waals surface area contributed by atoms with Crippen LogP contribution in [0.15, 0.2) is 30.5 Å². The first-order chi connectivity index (χ1) is 15.8. The molecule has 1 aliphatic heterocycles. The Bertz CT molecular complexity index is 901. The van der Waals surface area contributed by atoms with Gasteiger partial charge in [0.25, 0.3) is 0 Å². The maximum atomic E-state index is 11.5. The van der Waals surface area contributed by atoms with Gasteiger partial charge in [-0.3, -0.25) is 4.98 Å². The second kappa shape index (κ2) is 11.7. The number of rotatable bonds is 10. The van der Waals surface area contributed by atoms with Crippen molar-refractivity contribution >= 4 is 17.0 Å². The van der Waals surface area contributed by atoms with E-state index in [-0.39, 0.29) is 11.6 Å². The number of benzene rings is 1. The lowest BCUT2D eigenvalue weighted by Crippen LogP contribution is -2.46. The summed E-state index contributed by atoms with van der Waals surface area (Å²) in [5, 5.41) is 10.6. The van der Waals surface area contributed by atoms with Crippen LogP contribution in [0.25, 0.3) is 10.9 Å². The molecule has 1 amide bonds. The van der Waals surface area contributed by atoms with Crippen molar-refractivity contribution < 1.29 is 14.6 Å². The molecular weight excluding hydrogens is 414 g/mol. The first-order valence-electron chi connectivity index (χ1n) is 12.5. The number of carbonyl (C=O) groups is 1. The number of nitrogens with zero attached hydrogens (tertiary/aromatic N) is 3. The van der Waals surface area contributed by atoms with Gasteiger partial charge in [0.1, 0.15) is 17.4 Å². The van der Waals surface area contributed by atoms with Gasteiger partial charge in [-0.05, 0) is 83.2 Å². The average Bonchev–Trinajstić information content (AvgIpc) is 2.77. The predicted molar refractivity (Wildman–Crippen MR) is 134 cm³/mol. The van der Waals surface area contributed by atoms with Crippen LogP contribution in [0.2, 0.25) is 0 Å². The molecule has 0 atom stereocenters. The van der Waals surface area contributed by atoms with Crippen molar-refractivity contribution in [2.24, 2.45) is 0 Å². The van der Waals surface area contributed by atoms with Crippen molar-refractivity contribution in [3.05, 3.63) is 36.0 Å². The van der Waals surface area contributed by atoms with E-state index in [9.17, 15) is 9.90 Å². The minimum absolute atomic E-state index is 0.197. The highest BCUT2D eigenvalue weighted by atomic mass is 16.5. The van der Waals surface area contributed by atoms with Crippen molar-refractivity contribution in [3.8, 4) is 5.75 Å². The first-order valence-corrected chi connectivity index (χ1v) is 12.5. The highest BCUT2D eigenvalue weighted by Gasteiger charge is 2.26. The number of unbranched alkanes of at least 4 members (excludes halogenated alkanes) is 2. The van der Waals surface area contributed by atoms with Gasteiger partial charge in [0.2, 0.25) is 0 Å². The lowest BCUT2D eigenvalue weighted by molar-refractivity contribution is 0.0846. The highest BCUT2D eigenvalue weighted by molar-refractivity contribution is 5.85. The van der Waals surface area contributed by atoms with Crippen molar-refractivity contribution in [2.75, 3.05) is 26.2 Å². The monoisotopic (exact) mass is 455 g/mol. The lowest BCUT2D eigenvalue weighted by atomic mass is 10.0. The zero-order valence-electron chi connectivity index (χ0n) is 20.8. The van der Waals surface area contributed by atoms with Crippen molar-refractivity contribution in [1.29, 1.82) is 0 Å². The molecule has 1 aromatic heterocycles. The maximum Gasteiger partial charge on any atom is 0.407 e. The molecule has 0 unspecified atom stereocenters. The van der Waals surface area contributed by atoms with Crippen molar-refractivity contribution in [3.63, 3.8) is 0 Å². The third-order valence-corrected chi connectivity index (χ3v) is 6.52. The molecule has 1 N–H and O–H groups in total. The van der Waals surface area contributed by atoms with E-state index >= 15 is 0 Å². The van der Waals surface area contributed by atoms with E-state index in [1.807, 2.05) is 33.0 Å². The Kier molecular flexibility index (Phi) is 8.95. The fourth-order valence-electron chi connectivity index (χ4n) is 4.63. The van der Waals surface area contributed by atoms with Gasteiger partial charge in [0, 0.05) is 36.8 Å². The Labute approximate surface area is 198 Å². The number of aromatic nitrogens is 1. The molecule has 182 valence electrons. The van der Waals surface area contributed by atoms with Crippen LogP contribution in [0.5, 0.6) is 5.75 Å². The molecule has 6 heteroatoms. The van der Waals surface area contributed by atoms with E-state index in [1.165, 1.54) is 29.7 Å². The zero-order valence-corrected chi connectivity index (χ0v) is 20.8. The Hall–Kier alpha value is -2.34. The van der Waals surface area contributed by atoms with Crippen LogP contribution >= 0.6 is 0 Å². The molecule has 0 aliphatic carbocycles. The number of piperidine rings is 1. The number of amides is 1. The molecule has 0 radical (unpaired) electrons. The van der Waals surface area contributed by atoms with E-state index < -0.39 is 6.09 Å². The summed E-state index contributed by atoms with van der Waals surface area (Å²) in [6.45, 7) is 11.5. The van der Waals surface area contributed by atoms with Crippen LogP contribution in [-0.4, -0.2) is 63.8 Å². The highest BCUT2D eigenvalue weighted by Crippen LogP contribution is 2.29. The quantitative estimate of drug-likeness (QED) is 0.447. The second-order valence-corrected chi connectivity index (χ2v) is 10.2. The molecule has 0 spiro atoms. The van der Waals surface area contributed by atoms with E-state index in [0.29, 0.717) is 6.54 Å². The van der Waals surface area contributed by atoms with Gasteiger partial charge in [-0.2, -0.15) is 0 Å². The fourth-order valence-corrected chi connectivity index (χ4v) is 4.63. The lowest BCUT2D eigenvalue weighted by Gasteiger charge is -2.35. The van der Waals surface area contributed by atoms with Crippen LogP contribution in [0.1, 0.15) is 71.8 Å². The van der Waals surface area contributed by atoms with Crippen LogP contribution in [0.4, 0.5) is 4.79 Å². The molecule has 1 fully saturated rings. The standard InChI is InChI=1S/C27H41N3O3/c1-5-6-7-10-21-19-22-11-8-14-28-25(22)24(20-21)33-23-12-17-29(18-13-23)15-9-16-30(26(31)32)27(2,3)4/h8,11,14,19-20,23H,5-7,9-10,12-13,15-18H2,1-4H3,(H,31,32). The summed E-state index contributed by atoms with van der Waals surface area (Å²) in [6.07, 6.45) is 8.77. The molecule has 2 heterocycles. The number of likely N-dealkylation sites (tertiary alicyclic amines) is 1. The number of fused-ring (bicyclic) bond motifs is 1. The van der Waals surface area contributed by atoms with Crippen LogP contribution in [-0.2, 0) is 6.42 Å². The second-order valence-electron chi connectivity index (χ2n) is 10.2. The molecule has 6 nitrogen and oxygen atoms in total. The van der Waals surface area contributed by atoms with Crippen LogP contribution in [0, 0.1) is 0 Å². The number of carboxylic acid groups (broad SMARTS) is 1. The minimum atomic E-state index is -0.840. The van der Waals surface area contributed by atoms with Gasteiger partial charge in [-0.1, -0.05) is 25.8 Å². The van der Waals surface area contributed by atoms with E-state index in [2.05, 4.69) is 35.0 Å². The molecule has 33 heavy (non-hydrogen) atoms. The third kappa shape index (κ3) is 7.32. The summed E-state index contributed by atoms with van der Waals surface area (Å²) < 4.78 is 6.51. The number of aryl methyl sites for hydroxylation is 1. The average molecular weight is 456 g/mol. The largest absolute Gasteiger partial charge is 0.488 e. The number of pyridine rings is 1. The molecule has 2 aromatic rings. The van der Waals surface area contributed by atoms with Gasteiger partial charge >= 0.3 is 6.09 Å². The zero-order chi connectivity index (χ0) is 23.8. The SMILES string of the molecule is CCCCCc1cc(OC2CCN(CCCN(C(=O)O)C(C)(C)C)CC2)c2ncccc2c1. The van der Waals surface area contributed by atoms with E-state index in [1.54, 1.807) is 0 Å². The molecular formula is C27H41N3O3. The van der Waals surface area contributed by atoms with Gasteiger partial charge in [0.05, 0.1) is 0 Å². The van der Waals surface area contributed by atoms with Gasteiger partial charge in [0.15, 0.2) is 0 Å². The number of ether oxygens (including phenoxy) is 1. The molecule has 0 bridgehead atoms. The Balaban J connectivity index is 1.54. The minimum Gasteiger partial charge on any atom is -0.488 e. The van der Waals surface area contributed by atoms with Gasteiger partial charge in [-0.15, -0.1) is 0 Å². The summed E-state index contributed by atoms with van der Waals surface area (Å²) in [4.78, 5) is 20.1. The smallest absolute Gasteiger partial charge is 0.407 e.